The molecule has 0 radical (unpaired) electrons. The molecule has 0 saturated carbocycles. The number of likely N-dealkylation sites (N-methyl/N-ethyl adjacent to an activating group) is 1. The zero-order valence-electron chi connectivity index (χ0n) is 9.81. The second-order valence-electron chi connectivity index (χ2n) is 3.62. The number of rotatable bonds is 6. The van der Waals surface area contributed by atoms with E-state index >= 15 is 0 Å². The van der Waals surface area contributed by atoms with Crippen LogP contribution in [0, 0.1) is 0 Å². The maximum Gasteiger partial charge on any atom is 0.153 e. The smallest absolute Gasteiger partial charge is 0.153 e. The van der Waals surface area contributed by atoms with E-state index in [-0.39, 0.29) is 5.84 Å². The van der Waals surface area contributed by atoms with Crippen molar-refractivity contribution >= 4 is 17.2 Å². The fourth-order valence-corrected chi connectivity index (χ4v) is 2.46. The lowest BCUT2D eigenvalue weighted by atomic mass is 10.3. The van der Waals surface area contributed by atoms with Crippen molar-refractivity contribution in [3.8, 4) is 0 Å². The molecule has 1 aromatic rings. The summed E-state index contributed by atoms with van der Waals surface area (Å²) in [5, 5.41) is 11.5. The van der Waals surface area contributed by atoms with Gasteiger partial charge in [-0.2, -0.15) is 0 Å². The lowest BCUT2D eigenvalue weighted by molar-refractivity contribution is 0.296. The number of amidine groups is 1. The number of hydrogen-bond donors (Lipinski definition) is 2. The van der Waals surface area contributed by atoms with Crippen LogP contribution in [-0.2, 0) is 13.0 Å². The van der Waals surface area contributed by atoms with Crippen LogP contribution in [0.25, 0.3) is 0 Å². The molecule has 4 nitrogen and oxygen atoms in total. The molecule has 0 bridgehead atoms. The summed E-state index contributed by atoms with van der Waals surface area (Å²) >= 11 is 1.83. The largest absolute Gasteiger partial charge is 0.409 e. The van der Waals surface area contributed by atoms with Gasteiger partial charge in [0.25, 0.3) is 0 Å². The minimum atomic E-state index is 0.258. The third kappa shape index (κ3) is 3.83. The Morgan fingerprint density at radius 2 is 2.12 bits per heavy atom. The maximum absolute atomic E-state index is 8.53. The van der Waals surface area contributed by atoms with E-state index in [4.69, 9.17) is 10.9 Å². The van der Waals surface area contributed by atoms with E-state index in [9.17, 15) is 0 Å². The highest BCUT2D eigenvalue weighted by molar-refractivity contribution is 7.11. The molecule has 1 rings (SSSR count). The highest BCUT2D eigenvalue weighted by atomic mass is 32.1. The normalized spacial score (nSPS) is 12.3. The number of aryl methyl sites for hydroxylation is 1. The van der Waals surface area contributed by atoms with Gasteiger partial charge < -0.3 is 10.9 Å². The van der Waals surface area contributed by atoms with Crippen LogP contribution in [0.1, 0.15) is 23.6 Å². The van der Waals surface area contributed by atoms with Gasteiger partial charge in [0, 0.05) is 16.3 Å². The molecule has 0 aliphatic heterocycles. The van der Waals surface area contributed by atoms with Crippen LogP contribution >= 0.6 is 11.3 Å². The summed E-state index contributed by atoms with van der Waals surface area (Å²) in [6, 6.07) is 4.32. The number of thiophene rings is 1. The van der Waals surface area contributed by atoms with Crippen molar-refractivity contribution in [2.45, 2.75) is 26.8 Å². The van der Waals surface area contributed by atoms with Gasteiger partial charge in [-0.25, -0.2) is 0 Å². The first-order valence-electron chi connectivity index (χ1n) is 5.45. The molecule has 5 heteroatoms. The van der Waals surface area contributed by atoms with E-state index in [2.05, 4.69) is 36.0 Å². The Morgan fingerprint density at radius 1 is 1.44 bits per heavy atom. The van der Waals surface area contributed by atoms with Crippen LogP contribution in [0.2, 0.25) is 0 Å². The minimum Gasteiger partial charge on any atom is -0.409 e. The zero-order chi connectivity index (χ0) is 12.0. The first kappa shape index (κ1) is 13.0. The predicted octanol–water partition coefficient (Wildman–Crippen LogP) is 1.88. The van der Waals surface area contributed by atoms with E-state index < -0.39 is 0 Å². The number of oxime groups is 1. The molecule has 0 amide bonds. The molecule has 90 valence electrons. The van der Waals surface area contributed by atoms with Crippen molar-refractivity contribution in [2.75, 3.05) is 13.1 Å². The maximum atomic E-state index is 8.53. The van der Waals surface area contributed by atoms with Crippen molar-refractivity contribution in [2.24, 2.45) is 10.9 Å². The molecule has 0 spiro atoms. The van der Waals surface area contributed by atoms with Crippen LogP contribution in [0.3, 0.4) is 0 Å². The molecule has 0 fully saturated rings. The van der Waals surface area contributed by atoms with Crippen LogP contribution in [0.15, 0.2) is 17.3 Å². The SMILES string of the molecule is CCc1ccc(CN(CC)CC(N)=NO)s1. The molecule has 0 unspecified atom stereocenters. The van der Waals surface area contributed by atoms with Crippen molar-refractivity contribution in [3.05, 3.63) is 21.9 Å². The van der Waals surface area contributed by atoms with Gasteiger partial charge in [0.1, 0.15) is 0 Å². The third-order valence-electron chi connectivity index (χ3n) is 2.41. The van der Waals surface area contributed by atoms with Crippen LogP contribution < -0.4 is 5.73 Å². The van der Waals surface area contributed by atoms with E-state index in [0.717, 1.165) is 19.5 Å². The summed E-state index contributed by atoms with van der Waals surface area (Å²) in [5.74, 6) is 0.258. The lowest BCUT2D eigenvalue weighted by Crippen LogP contribution is -2.33. The highest BCUT2D eigenvalue weighted by Gasteiger charge is 2.07. The van der Waals surface area contributed by atoms with Gasteiger partial charge in [0.2, 0.25) is 0 Å². The first-order valence-corrected chi connectivity index (χ1v) is 6.27. The number of nitrogens with zero attached hydrogens (tertiary/aromatic N) is 2. The van der Waals surface area contributed by atoms with E-state index in [0.29, 0.717) is 6.54 Å². The Kier molecular flexibility index (Phi) is 5.28. The van der Waals surface area contributed by atoms with Gasteiger partial charge in [-0.15, -0.1) is 11.3 Å². The topological polar surface area (TPSA) is 61.8 Å². The van der Waals surface area contributed by atoms with Crippen molar-refractivity contribution in [3.63, 3.8) is 0 Å². The molecular formula is C11H19N3OS. The predicted molar refractivity (Wildman–Crippen MR) is 68.1 cm³/mol. The average Bonchev–Trinajstić information content (AvgIpc) is 2.75. The van der Waals surface area contributed by atoms with Crippen molar-refractivity contribution in [1.82, 2.24) is 4.90 Å². The summed E-state index contributed by atoms with van der Waals surface area (Å²) < 4.78 is 0. The van der Waals surface area contributed by atoms with Crippen LogP contribution in [0.4, 0.5) is 0 Å². The molecular weight excluding hydrogens is 222 g/mol. The van der Waals surface area contributed by atoms with Gasteiger partial charge in [-0.3, -0.25) is 4.90 Å². The minimum absolute atomic E-state index is 0.258. The molecule has 0 aromatic carbocycles. The fourth-order valence-electron chi connectivity index (χ4n) is 1.46. The standard InChI is InChI=1S/C11H19N3OS/c1-3-9-5-6-10(16-9)7-14(4-2)8-11(12)13-15/h5-6,15H,3-4,7-8H2,1-2H3,(H2,12,13). The average molecular weight is 241 g/mol. The molecule has 3 N–H and O–H groups in total. The number of nitrogens with two attached hydrogens (primary N) is 1. The summed E-state index contributed by atoms with van der Waals surface area (Å²) in [4.78, 5) is 4.86. The monoisotopic (exact) mass is 241 g/mol. The van der Waals surface area contributed by atoms with E-state index in [1.54, 1.807) is 0 Å². The fraction of sp³-hybridized carbons (Fsp3) is 0.545. The molecule has 0 atom stereocenters. The summed E-state index contributed by atoms with van der Waals surface area (Å²) in [6.45, 7) is 6.47. The second-order valence-corrected chi connectivity index (χ2v) is 4.87. The Hall–Kier alpha value is -1.07. The molecule has 0 aliphatic carbocycles. The Balaban J connectivity index is 2.55. The second kappa shape index (κ2) is 6.50. The van der Waals surface area contributed by atoms with Gasteiger partial charge in [-0.05, 0) is 25.1 Å². The summed E-state index contributed by atoms with van der Waals surface area (Å²) in [7, 11) is 0. The van der Waals surface area contributed by atoms with Gasteiger partial charge >= 0.3 is 0 Å². The summed E-state index contributed by atoms with van der Waals surface area (Å²) in [6.07, 6.45) is 1.08. The van der Waals surface area contributed by atoms with Crippen LogP contribution in [-0.4, -0.2) is 29.0 Å². The molecule has 0 saturated heterocycles. The van der Waals surface area contributed by atoms with Crippen molar-refractivity contribution < 1.29 is 5.21 Å². The van der Waals surface area contributed by atoms with E-state index in [1.807, 2.05) is 11.3 Å². The lowest BCUT2D eigenvalue weighted by Gasteiger charge is -2.18. The third-order valence-corrected chi connectivity index (χ3v) is 3.62. The Morgan fingerprint density at radius 3 is 2.62 bits per heavy atom. The highest BCUT2D eigenvalue weighted by Crippen LogP contribution is 2.18. The van der Waals surface area contributed by atoms with E-state index in [1.165, 1.54) is 9.75 Å². The molecule has 0 aliphatic rings. The van der Waals surface area contributed by atoms with Gasteiger partial charge in [-0.1, -0.05) is 19.0 Å². The van der Waals surface area contributed by atoms with Crippen molar-refractivity contribution in [1.29, 1.82) is 0 Å². The van der Waals surface area contributed by atoms with Crippen LogP contribution in [0.5, 0.6) is 0 Å². The number of hydrogen-bond acceptors (Lipinski definition) is 4. The quantitative estimate of drug-likeness (QED) is 0.346. The zero-order valence-corrected chi connectivity index (χ0v) is 10.6. The molecule has 1 aromatic heterocycles. The summed E-state index contributed by atoms with van der Waals surface area (Å²) in [5.41, 5.74) is 5.50. The van der Waals surface area contributed by atoms with Gasteiger partial charge in [0.15, 0.2) is 5.84 Å². The van der Waals surface area contributed by atoms with Gasteiger partial charge in [0.05, 0.1) is 6.54 Å². The Labute approximate surface area is 100 Å². The molecule has 1 heterocycles. The Bertz CT molecular complexity index is 349. The first-order chi connectivity index (χ1) is 7.69. The molecule has 16 heavy (non-hydrogen) atoms.